The molecular formula is C20H29N3O3. The van der Waals surface area contributed by atoms with Crippen molar-refractivity contribution in [3.63, 3.8) is 0 Å². The van der Waals surface area contributed by atoms with Gasteiger partial charge in [-0.25, -0.2) is 0 Å². The molecule has 26 heavy (non-hydrogen) atoms. The second kappa shape index (κ2) is 9.14. The summed E-state index contributed by atoms with van der Waals surface area (Å²) in [5.74, 6) is -0.111. The van der Waals surface area contributed by atoms with E-state index < -0.39 is 0 Å². The van der Waals surface area contributed by atoms with Crippen molar-refractivity contribution in [3.05, 3.63) is 35.9 Å². The Labute approximate surface area is 155 Å². The van der Waals surface area contributed by atoms with Crippen LogP contribution in [0.4, 0.5) is 0 Å². The van der Waals surface area contributed by atoms with E-state index in [2.05, 4.69) is 12.1 Å². The molecule has 6 heteroatoms. The molecule has 2 heterocycles. The summed E-state index contributed by atoms with van der Waals surface area (Å²) in [7, 11) is 0. The lowest BCUT2D eigenvalue weighted by Crippen LogP contribution is -2.49. The minimum atomic E-state index is -0.325. The van der Waals surface area contributed by atoms with Crippen molar-refractivity contribution >= 4 is 11.8 Å². The normalized spacial score (nSPS) is 22.3. The Hall–Kier alpha value is -1.92. The zero-order valence-corrected chi connectivity index (χ0v) is 15.3. The van der Waals surface area contributed by atoms with Crippen molar-refractivity contribution in [3.8, 4) is 0 Å². The molecule has 0 bridgehead atoms. The SMILES string of the molecule is NC(=O)CN1CCC[C@H](C(=O)N2CCC(OCc3ccccc3)CC2)C1. The van der Waals surface area contributed by atoms with Crippen LogP contribution in [0.15, 0.2) is 30.3 Å². The smallest absolute Gasteiger partial charge is 0.231 e. The standard InChI is InChI=1S/C20H29N3O3/c21-19(24)14-22-10-4-7-17(13-22)20(25)23-11-8-18(9-12-23)26-15-16-5-2-1-3-6-16/h1-3,5-6,17-18H,4,7-15H2,(H2,21,24)/t17-/m0/s1. The van der Waals surface area contributed by atoms with Gasteiger partial charge in [0.2, 0.25) is 11.8 Å². The number of hydrogen-bond acceptors (Lipinski definition) is 4. The Bertz CT molecular complexity index is 600. The zero-order valence-electron chi connectivity index (χ0n) is 15.3. The summed E-state index contributed by atoms with van der Waals surface area (Å²) in [6.07, 6.45) is 3.84. The summed E-state index contributed by atoms with van der Waals surface area (Å²) in [6, 6.07) is 10.2. The maximum Gasteiger partial charge on any atom is 0.231 e. The van der Waals surface area contributed by atoms with Crippen molar-refractivity contribution in [2.24, 2.45) is 11.7 Å². The lowest BCUT2D eigenvalue weighted by molar-refractivity contribution is -0.140. The van der Waals surface area contributed by atoms with Gasteiger partial charge in [0.15, 0.2) is 0 Å². The first kappa shape index (κ1) is 18.9. The van der Waals surface area contributed by atoms with Gasteiger partial charge in [0.25, 0.3) is 0 Å². The van der Waals surface area contributed by atoms with Gasteiger partial charge in [0.1, 0.15) is 0 Å². The predicted molar refractivity (Wildman–Crippen MR) is 99.2 cm³/mol. The van der Waals surface area contributed by atoms with Crippen LogP contribution in [-0.2, 0) is 20.9 Å². The van der Waals surface area contributed by atoms with Gasteiger partial charge >= 0.3 is 0 Å². The molecule has 2 aliphatic heterocycles. The first-order chi connectivity index (χ1) is 12.6. The van der Waals surface area contributed by atoms with Crippen molar-refractivity contribution in [2.75, 3.05) is 32.7 Å². The monoisotopic (exact) mass is 359 g/mol. The number of likely N-dealkylation sites (tertiary alicyclic amines) is 2. The number of carbonyl (C=O) groups excluding carboxylic acids is 2. The molecule has 2 aliphatic rings. The van der Waals surface area contributed by atoms with Gasteiger partial charge in [-0.05, 0) is 37.8 Å². The molecule has 0 aromatic heterocycles. The van der Waals surface area contributed by atoms with Gasteiger partial charge in [-0.15, -0.1) is 0 Å². The summed E-state index contributed by atoms with van der Waals surface area (Å²) in [4.78, 5) is 27.9. The van der Waals surface area contributed by atoms with Crippen LogP contribution in [0, 0.1) is 5.92 Å². The third kappa shape index (κ3) is 5.29. The van der Waals surface area contributed by atoms with E-state index in [1.54, 1.807) is 0 Å². The maximum absolute atomic E-state index is 12.8. The van der Waals surface area contributed by atoms with E-state index in [4.69, 9.17) is 10.5 Å². The van der Waals surface area contributed by atoms with Crippen LogP contribution in [0.2, 0.25) is 0 Å². The van der Waals surface area contributed by atoms with Crippen LogP contribution in [0.1, 0.15) is 31.2 Å². The van der Waals surface area contributed by atoms with Crippen LogP contribution in [0.3, 0.4) is 0 Å². The highest BCUT2D eigenvalue weighted by Crippen LogP contribution is 2.22. The van der Waals surface area contributed by atoms with E-state index >= 15 is 0 Å². The summed E-state index contributed by atoms with van der Waals surface area (Å²) in [5.41, 5.74) is 6.47. The number of amides is 2. The molecule has 0 aliphatic carbocycles. The molecule has 2 saturated heterocycles. The molecule has 0 radical (unpaired) electrons. The molecule has 1 aromatic rings. The summed E-state index contributed by atoms with van der Waals surface area (Å²) < 4.78 is 6.01. The Kier molecular flexibility index (Phi) is 6.63. The molecular weight excluding hydrogens is 330 g/mol. The number of nitrogens with two attached hydrogens (primary N) is 1. The van der Waals surface area contributed by atoms with E-state index in [1.807, 2.05) is 28.0 Å². The number of piperidine rings is 2. The number of benzene rings is 1. The Morgan fingerprint density at radius 1 is 1.08 bits per heavy atom. The van der Waals surface area contributed by atoms with E-state index in [1.165, 1.54) is 5.56 Å². The molecule has 0 unspecified atom stereocenters. The quantitative estimate of drug-likeness (QED) is 0.833. The highest BCUT2D eigenvalue weighted by molar-refractivity contribution is 5.79. The van der Waals surface area contributed by atoms with Crippen LogP contribution in [0.25, 0.3) is 0 Å². The molecule has 0 saturated carbocycles. The zero-order chi connectivity index (χ0) is 18.4. The third-order valence-electron chi connectivity index (χ3n) is 5.32. The number of carbonyl (C=O) groups is 2. The fourth-order valence-corrected chi connectivity index (χ4v) is 3.91. The lowest BCUT2D eigenvalue weighted by atomic mass is 9.95. The Balaban J connectivity index is 1.42. The van der Waals surface area contributed by atoms with Crippen LogP contribution in [-0.4, -0.2) is 60.4 Å². The summed E-state index contributed by atoms with van der Waals surface area (Å²) >= 11 is 0. The van der Waals surface area contributed by atoms with Crippen molar-refractivity contribution in [1.29, 1.82) is 0 Å². The van der Waals surface area contributed by atoms with Crippen molar-refractivity contribution < 1.29 is 14.3 Å². The second-order valence-electron chi connectivity index (χ2n) is 7.36. The summed E-state index contributed by atoms with van der Waals surface area (Å²) in [6.45, 7) is 3.88. The number of hydrogen-bond donors (Lipinski definition) is 1. The van der Waals surface area contributed by atoms with Gasteiger partial charge < -0.3 is 15.4 Å². The molecule has 1 atom stereocenters. The number of ether oxygens (including phenoxy) is 1. The molecule has 3 rings (SSSR count). The van der Waals surface area contributed by atoms with Crippen molar-refractivity contribution in [1.82, 2.24) is 9.80 Å². The molecule has 2 N–H and O–H groups in total. The minimum Gasteiger partial charge on any atom is -0.373 e. The lowest BCUT2D eigenvalue weighted by Gasteiger charge is -2.37. The third-order valence-corrected chi connectivity index (χ3v) is 5.32. The first-order valence-electron chi connectivity index (χ1n) is 9.57. The van der Waals surface area contributed by atoms with Gasteiger partial charge in [-0.2, -0.15) is 0 Å². The van der Waals surface area contributed by atoms with Gasteiger partial charge in [0.05, 0.1) is 25.2 Å². The fraction of sp³-hybridized carbons (Fsp3) is 0.600. The van der Waals surface area contributed by atoms with Gasteiger partial charge in [-0.1, -0.05) is 30.3 Å². The van der Waals surface area contributed by atoms with E-state index in [0.717, 1.165) is 45.3 Å². The van der Waals surface area contributed by atoms with Crippen LogP contribution < -0.4 is 5.73 Å². The first-order valence-corrected chi connectivity index (χ1v) is 9.57. The van der Waals surface area contributed by atoms with E-state index in [-0.39, 0.29) is 30.4 Å². The minimum absolute atomic E-state index is 0.00936. The van der Waals surface area contributed by atoms with Crippen molar-refractivity contribution in [2.45, 2.75) is 38.4 Å². The Morgan fingerprint density at radius 3 is 2.50 bits per heavy atom. The number of primary amides is 1. The average molecular weight is 359 g/mol. The molecule has 2 amide bonds. The number of rotatable bonds is 6. The second-order valence-corrected chi connectivity index (χ2v) is 7.36. The molecule has 0 spiro atoms. The Morgan fingerprint density at radius 2 is 1.81 bits per heavy atom. The van der Waals surface area contributed by atoms with Crippen LogP contribution >= 0.6 is 0 Å². The fourth-order valence-electron chi connectivity index (χ4n) is 3.91. The van der Waals surface area contributed by atoms with Gasteiger partial charge in [-0.3, -0.25) is 14.5 Å². The predicted octanol–water partition coefficient (Wildman–Crippen LogP) is 1.39. The number of nitrogens with zero attached hydrogens (tertiary/aromatic N) is 2. The maximum atomic E-state index is 12.8. The summed E-state index contributed by atoms with van der Waals surface area (Å²) in [5, 5.41) is 0. The highest BCUT2D eigenvalue weighted by atomic mass is 16.5. The van der Waals surface area contributed by atoms with Crippen LogP contribution in [0.5, 0.6) is 0 Å². The van der Waals surface area contributed by atoms with Gasteiger partial charge in [0, 0.05) is 19.6 Å². The molecule has 2 fully saturated rings. The highest BCUT2D eigenvalue weighted by Gasteiger charge is 2.31. The topological polar surface area (TPSA) is 75.9 Å². The molecule has 142 valence electrons. The largest absolute Gasteiger partial charge is 0.373 e. The molecule has 6 nitrogen and oxygen atoms in total. The van der Waals surface area contributed by atoms with E-state index in [9.17, 15) is 9.59 Å². The average Bonchev–Trinajstić information content (AvgIpc) is 2.67. The van der Waals surface area contributed by atoms with E-state index in [0.29, 0.717) is 13.2 Å². The molecule has 1 aromatic carbocycles.